The Morgan fingerprint density at radius 3 is 2.13 bits per heavy atom. The highest BCUT2D eigenvalue weighted by molar-refractivity contribution is 8.00. The van der Waals surface area contributed by atoms with Crippen molar-refractivity contribution in [3.8, 4) is 17.5 Å². The molecule has 1 atom stereocenters. The van der Waals surface area contributed by atoms with Gasteiger partial charge in [-0.2, -0.15) is 9.97 Å². The number of methoxy groups -OCH3 is 3. The van der Waals surface area contributed by atoms with Crippen LogP contribution in [0.15, 0.2) is 35.5 Å². The minimum Gasteiger partial charge on any atom is -0.497 e. The van der Waals surface area contributed by atoms with Crippen molar-refractivity contribution in [3.05, 3.63) is 35.9 Å². The maximum Gasteiger partial charge on any atom is 0.220 e. The van der Waals surface area contributed by atoms with E-state index in [9.17, 15) is 4.79 Å². The molecule has 0 aliphatic carbocycles. The van der Waals surface area contributed by atoms with Crippen molar-refractivity contribution in [1.82, 2.24) is 9.97 Å². The van der Waals surface area contributed by atoms with Gasteiger partial charge in [-0.1, -0.05) is 23.9 Å². The van der Waals surface area contributed by atoms with E-state index in [1.165, 1.54) is 26.0 Å². The van der Waals surface area contributed by atoms with Crippen LogP contribution in [0, 0.1) is 0 Å². The first-order chi connectivity index (χ1) is 11.2. The van der Waals surface area contributed by atoms with Crippen LogP contribution in [0.4, 0.5) is 0 Å². The van der Waals surface area contributed by atoms with Gasteiger partial charge in [0.15, 0.2) is 5.16 Å². The number of ether oxygens (including phenoxy) is 3. The number of aromatic nitrogens is 2. The second-order valence-corrected chi connectivity index (χ2v) is 5.79. The van der Waals surface area contributed by atoms with Crippen LogP contribution in [0.2, 0.25) is 0 Å². The smallest absolute Gasteiger partial charge is 0.220 e. The SMILES string of the molecule is COc1ccc(CC(C=O)Sc2nc(OC)cc(OC)n2)cc1. The molecule has 2 aromatic rings. The molecule has 122 valence electrons. The van der Waals surface area contributed by atoms with Crippen LogP contribution in [0.5, 0.6) is 17.5 Å². The number of rotatable bonds is 8. The van der Waals surface area contributed by atoms with Gasteiger partial charge in [0.1, 0.15) is 12.0 Å². The van der Waals surface area contributed by atoms with Gasteiger partial charge in [0.2, 0.25) is 11.8 Å². The number of benzene rings is 1. The van der Waals surface area contributed by atoms with Gasteiger partial charge in [0.05, 0.1) is 32.6 Å². The summed E-state index contributed by atoms with van der Waals surface area (Å²) in [5, 5.41) is 0.131. The average molecular weight is 334 g/mol. The highest BCUT2D eigenvalue weighted by Crippen LogP contribution is 2.26. The molecule has 0 N–H and O–H groups in total. The van der Waals surface area contributed by atoms with Gasteiger partial charge >= 0.3 is 0 Å². The molecular formula is C16H18N2O4S. The summed E-state index contributed by atoms with van der Waals surface area (Å²) in [6.07, 6.45) is 1.46. The van der Waals surface area contributed by atoms with Crippen molar-refractivity contribution in [2.75, 3.05) is 21.3 Å². The van der Waals surface area contributed by atoms with Crippen LogP contribution in [0.1, 0.15) is 5.56 Å². The first-order valence-corrected chi connectivity index (χ1v) is 7.78. The lowest BCUT2D eigenvalue weighted by atomic mass is 10.1. The van der Waals surface area contributed by atoms with E-state index in [0.29, 0.717) is 23.3 Å². The van der Waals surface area contributed by atoms with E-state index < -0.39 is 0 Å². The normalized spacial score (nSPS) is 11.6. The van der Waals surface area contributed by atoms with Crippen molar-refractivity contribution in [1.29, 1.82) is 0 Å². The van der Waals surface area contributed by atoms with Gasteiger partial charge in [0, 0.05) is 0 Å². The van der Waals surface area contributed by atoms with Gasteiger partial charge in [-0.25, -0.2) is 0 Å². The lowest BCUT2D eigenvalue weighted by Crippen LogP contribution is -2.10. The Morgan fingerprint density at radius 1 is 1.04 bits per heavy atom. The fraction of sp³-hybridized carbons (Fsp3) is 0.312. The molecule has 1 aromatic carbocycles. The highest BCUT2D eigenvalue weighted by Gasteiger charge is 2.15. The minimum absolute atomic E-state index is 0.305. The number of carbonyl (C=O) groups excluding carboxylic acids is 1. The van der Waals surface area contributed by atoms with Gasteiger partial charge in [-0.05, 0) is 24.1 Å². The van der Waals surface area contributed by atoms with Gasteiger partial charge < -0.3 is 19.0 Å². The van der Waals surface area contributed by atoms with E-state index in [1.54, 1.807) is 13.2 Å². The topological polar surface area (TPSA) is 70.5 Å². The Morgan fingerprint density at radius 2 is 1.65 bits per heavy atom. The van der Waals surface area contributed by atoms with E-state index >= 15 is 0 Å². The van der Waals surface area contributed by atoms with Crippen LogP contribution in [-0.2, 0) is 11.2 Å². The summed E-state index contributed by atoms with van der Waals surface area (Å²) in [5.74, 6) is 1.58. The Kier molecular flexibility index (Phi) is 6.22. The number of hydrogen-bond donors (Lipinski definition) is 0. The number of aldehydes is 1. The minimum atomic E-state index is -0.305. The third kappa shape index (κ3) is 4.85. The molecule has 23 heavy (non-hydrogen) atoms. The van der Waals surface area contributed by atoms with Crippen molar-refractivity contribution in [3.63, 3.8) is 0 Å². The molecule has 0 saturated heterocycles. The maximum absolute atomic E-state index is 11.4. The predicted molar refractivity (Wildman–Crippen MR) is 87.5 cm³/mol. The van der Waals surface area contributed by atoms with Crippen molar-refractivity contribution < 1.29 is 19.0 Å². The number of thioether (sulfide) groups is 1. The molecule has 2 rings (SSSR count). The van der Waals surface area contributed by atoms with Crippen LogP contribution >= 0.6 is 11.8 Å². The zero-order valence-electron chi connectivity index (χ0n) is 13.2. The molecule has 0 spiro atoms. The fourth-order valence-corrected chi connectivity index (χ4v) is 2.78. The molecule has 6 nitrogen and oxygen atoms in total. The summed E-state index contributed by atoms with van der Waals surface area (Å²) < 4.78 is 15.3. The van der Waals surface area contributed by atoms with E-state index in [-0.39, 0.29) is 5.25 Å². The molecule has 1 heterocycles. The first-order valence-electron chi connectivity index (χ1n) is 6.90. The molecule has 0 amide bonds. The number of nitrogens with zero attached hydrogens (tertiary/aromatic N) is 2. The average Bonchev–Trinajstić information content (AvgIpc) is 2.61. The number of carbonyl (C=O) groups is 1. The molecule has 0 fully saturated rings. The van der Waals surface area contributed by atoms with Crippen LogP contribution < -0.4 is 14.2 Å². The van der Waals surface area contributed by atoms with Crippen LogP contribution in [-0.4, -0.2) is 42.8 Å². The molecule has 7 heteroatoms. The zero-order valence-corrected chi connectivity index (χ0v) is 14.0. The lowest BCUT2D eigenvalue weighted by molar-refractivity contribution is -0.107. The molecule has 1 aromatic heterocycles. The van der Waals surface area contributed by atoms with E-state index in [4.69, 9.17) is 14.2 Å². The van der Waals surface area contributed by atoms with E-state index in [1.807, 2.05) is 24.3 Å². The Labute approximate surface area is 139 Å². The third-order valence-electron chi connectivity index (χ3n) is 3.08. The first kappa shape index (κ1) is 17.1. The summed E-state index contributed by atoms with van der Waals surface area (Å²) in [6.45, 7) is 0. The zero-order chi connectivity index (χ0) is 16.7. The largest absolute Gasteiger partial charge is 0.497 e. The molecule has 0 aliphatic rings. The molecule has 0 saturated carbocycles. The number of hydrogen-bond acceptors (Lipinski definition) is 7. The summed E-state index contributed by atoms with van der Waals surface area (Å²) in [6, 6.07) is 9.19. The Balaban J connectivity index is 2.10. The van der Waals surface area contributed by atoms with Gasteiger partial charge in [-0.15, -0.1) is 0 Å². The third-order valence-corrected chi connectivity index (χ3v) is 4.06. The predicted octanol–water partition coefficient (Wildman–Crippen LogP) is 2.40. The maximum atomic E-state index is 11.4. The summed E-state index contributed by atoms with van der Waals surface area (Å²) >= 11 is 1.27. The Hall–Kier alpha value is -2.28. The van der Waals surface area contributed by atoms with Crippen LogP contribution in [0.25, 0.3) is 0 Å². The lowest BCUT2D eigenvalue weighted by Gasteiger charge is -2.11. The summed E-state index contributed by atoms with van der Waals surface area (Å²) in [4.78, 5) is 19.8. The van der Waals surface area contributed by atoms with Crippen molar-refractivity contribution >= 4 is 18.0 Å². The summed E-state index contributed by atoms with van der Waals surface area (Å²) in [5.41, 5.74) is 1.03. The molecule has 1 unspecified atom stereocenters. The van der Waals surface area contributed by atoms with Crippen molar-refractivity contribution in [2.45, 2.75) is 16.8 Å². The molecule has 0 bridgehead atoms. The highest BCUT2D eigenvalue weighted by atomic mass is 32.2. The Bertz CT molecular complexity index is 627. The summed E-state index contributed by atoms with van der Waals surface area (Å²) in [7, 11) is 4.65. The van der Waals surface area contributed by atoms with E-state index in [0.717, 1.165) is 17.6 Å². The quantitative estimate of drug-likeness (QED) is 0.417. The molecule has 0 radical (unpaired) electrons. The van der Waals surface area contributed by atoms with Crippen LogP contribution in [0.3, 0.4) is 0 Å². The standard InChI is InChI=1S/C16H18N2O4S/c1-20-12-6-4-11(5-7-12)8-13(10-19)23-16-17-14(21-2)9-15(18-16)22-3/h4-7,9-10,13H,8H2,1-3H3. The molecule has 0 aliphatic heterocycles. The molecular weight excluding hydrogens is 316 g/mol. The van der Waals surface area contributed by atoms with Crippen molar-refractivity contribution in [2.24, 2.45) is 0 Å². The second-order valence-electron chi connectivity index (χ2n) is 4.58. The fourth-order valence-electron chi connectivity index (χ4n) is 1.89. The van der Waals surface area contributed by atoms with Gasteiger partial charge in [0.25, 0.3) is 0 Å². The van der Waals surface area contributed by atoms with Gasteiger partial charge in [-0.3, -0.25) is 0 Å². The second kappa shape index (κ2) is 8.38. The monoisotopic (exact) mass is 334 g/mol. The van der Waals surface area contributed by atoms with E-state index in [2.05, 4.69) is 9.97 Å².